The average molecular weight is 373 g/mol. The van der Waals surface area contributed by atoms with E-state index in [-0.39, 0.29) is 23.8 Å². The number of hydrogen-bond acceptors (Lipinski definition) is 4. The Hall–Kier alpha value is -2.83. The Balaban J connectivity index is 1.97. The summed E-state index contributed by atoms with van der Waals surface area (Å²) in [6, 6.07) is 6.79. The van der Waals surface area contributed by atoms with Gasteiger partial charge in [-0.25, -0.2) is 4.79 Å². The molecule has 0 unspecified atom stereocenters. The summed E-state index contributed by atoms with van der Waals surface area (Å²) in [4.78, 5) is 39.7. The summed E-state index contributed by atoms with van der Waals surface area (Å²) in [6.45, 7) is 9.79. The first-order chi connectivity index (χ1) is 12.9. The zero-order valence-corrected chi connectivity index (χ0v) is 15.9. The van der Waals surface area contributed by atoms with Crippen LogP contribution in [0.25, 0.3) is 0 Å². The number of nitrogens with one attached hydrogen (secondary N) is 1. The molecule has 1 aliphatic rings. The van der Waals surface area contributed by atoms with Crippen LogP contribution in [0.4, 0.5) is 10.5 Å². The van der Waals surface area contributed by atoms with Gasteiger partial charge in [0.25, 0.3) is 5.91 Å². The van der Waals surface area contributed by atoms with E-state index in [2.05, 4.69) is 11.9 Å². The van der Waals surface area contributed by atoms with Gasteiger partial charge < -0.3 is 19.9 Å². The van der Waals surface area contributed by atoms with Gasteiger partial charge in [-0.3, -0.25) is 9.59 Å². The molecule has 1 aromatic carbocycles. The minimum Gasteiger partial charge on any atom is -0.449 e. The number of rotatable bonds is 5. The normalized spacial score (nSPS) is 14.5. The van der Waals surface area contributed by atoms with Crippen molar-refractivity contribution in [2.24, 2.45) is 5.92 Å². The first kappa shape index (κ1) is 20.5. The second-order valence-corrected chi connectivity index (χ2v) is 6.88. The number of hydrogen-bond donors (Lipinski definition) is 1. The number of benzene rings is 1. The summed E-state index contributed by atoms with van der Waals surface area (Å²) in [5.41, 5.74) is 1.03. The van der Waals surface area contributed by atoms with Gasteiger partial charge in [0.05, 0.1) is 6.61 Å². The number of ether oxygens (including phenoxy) is 1. The topological polar surface area (TPSA) is 79.0 Å². The molecule has 0 aromatic heterocycles. The molecule has 0 saturated carbocycles. The Bertz CT molecular complexity index is 702. The van der Waals surface area contributed by atoms with Crippen molar-refractivity contribution < 1.29 is 19.1 Å². The lowest BCUT2D eigenvalue weighted by atomic mass is 10.1. The van der Waals surface area contributed by atoms with E-state index in [1.54, 1.807) is 34.1 Å². The van der Waals surface area contributed by atoms with E-state index >= 15 is 0 Å². The third kappa shape index (κ3) is 6.13. The highest BCUT2D eigenvalue weighted by molar-refractivity contribution is 6.00. The van der Waals surface area contributed by atoms with E-state index in [1.807, 2.05) is 13.8 Å². The first-order valence-electron chi connectivity index (χ1n) is 9.15. The van der Waals surface area contributed by atoms with Gasteiger partial charge in [0.1, 0.15) is 0 Å². The van der Waals surface area contributed by atoms with Crippen molar-refractivity contribution >= 4 is 23.6 Å². The maximum Gasteiger partial charge on any atom is 0.409 e. The van der Waals surface area contributed by atoms with E-state index < -0.39 is 0 Å². The van der Waals surface area contributed by atoms with Crippen molar-refractivity contribution in [2.45, 2.75) is 20.3 Å². The van der Waals surface area contributed by atoms with E-state index in [9.17, 15) is 14.4 Å². The van der Waals surface area contributed by atoms with E-state index in [4.69, 9.17) is 4.74 Å². The van der Waals surface area contributed by atoms with Crippen LogP contribution in [0.1, 0.15) is 30.6 Å². The molecule has 0 atom stereocenters. The van der Waals surface area contributed by atoms with Crippen LogP contribution in [0.5, 0.6) is 0 Å². The largest absolute Gasteiger partial charge is 0.449 e. The molecule has 1 N–H and O–H groups in total. The second-order valence-electron chi connectivity index (χ2n) is 6.88. The van der Waals surface area contributed by atoms with Crippen LogP contribution in [-0.4, -0.2) is 60.5 Å². The molecule has 7 heteroatoms. The molecule has 1 saturated heterocycles. The lowest BCUT2D eigenvalue weighted by molar-refractivity contribution is -0.111. The van der Waals surface area contributed by atoms with Gasteiger partial charge in [-0.05, 0) is 36.6 Å². The fraction of sp³-hybridized carbons (Fsp3) is 0.450. The second kappa shape index (κ2) is 9.75. The number of anilines is 1. The molecule has 1 aromatic rings. The highest BCUT2D eigenvalue weighted by Gasteiger charge is 2.24. The summed E-state index contributed by atoms with van der Waals surface area (Å²) in [5.74, 6) is -0.167. The molecule has 1 fully saturated rings. The predicted octanol–water partition coefficient (Wildman–Crippen LogP) is 2.75. The number of carbonyl (C=O) groups is 3. The quantitative estimate of drug-likeness (QED) is 0.805. The van der Waals surface area contributed by atoms with Gasteiger partial charge in [0.15, 0.2) is 0 Å². The minimum atomic E-state index is -0.329. The zero-order chi connectivity index (χ0) is 19.8. The summed E-state index contributed by atoms with van der Waals surface area (Å²) in [6.07, 6.45) is 1.54. The Kier molecular flexibility index (Phi) is 7.40. The standard InChI is InChI=1S/C20H27N3O4/c1-4-18(24)21-17-8-5-7-16(13-17)19(25)22-9-6-10-23(12-11-22)20(26)27-14-15(2)3/h4-5,7-8,13,15H,1,6,9-12,14H2,2-3H3,(H,21,24). The molecular weight excluding hydrogens is 346 g/mol. The Morgan fingerprint density at radius 3 is 2.59 bits per heavy atom. The molecule has 0 radical (unpaired) electrons. The summed E-state index contributed by atoms with van der Waals surface area (Å²) < 4.78 is 5.28. The lowest BCUT2D eigenvalue weighted by Gasteiger charge is -2.22. The van der Waals surface area contributed by atoms with Crippen molar-refractivity contribution in [1.29, 1.82) is 0 Å². The van der Waals surface area contributed by atoms with Crippen LogP contribution >= 0.6 is 0 Å². The fourth-order valence-electron chi connectivity index (χ4n) is 2.74. The van der Waals surface area contributed by atoms with Crippen molar-refractivity contribution in [2.75, 3.05) is 38.1 Å². The zero-order valence-electron chi connectivity index (χ0n) is 15.9. The number of amides is 3. The fourth-order valence-corrected chi connectivity index (χ4v) is 2.74. The van der Waals surface area contributed by atoms with E-state index in [1.165, 1.54) is 6.08 Å². The predicted molar refractivity (Wildman–Crippen MR) is 104 cm³/mol. The summed E-state index contributed by atoms with van der Waals surface area (Å²) in [7, 11) is 0. The molecule has 3 amide bonds. The lowest BCUT2D eigenvalue weighted by Crippen LogP contribution is -2.38. The monoisotopic (exact) mass is 373 g/mol. The third-order valence-corrected chi connectivity index (χ3v) is 4.14. The van der Waals surface area contributed by atoms with Crippen molar-refractivity contribution in [3.8, 4) is 0 Å². The van der Waals surface area contributed by atoms with Crippen LogP contribution in [0.15, 0.2) is 36.9 Å². The SMILES string of the molecule is C=CC(=O)Nc1cccc(C(=O)N2CCCN(C(=O)OCC(C)C)CC2)c1. The van der Waals surface area contributed by atoms with Crippen LogP contribution in [-0.2, 0) is 9.53 Å². The van der Waals surface area contributed by atoms with Crippen molar-refractivity contribution in [3.05, 3.63) is 42.5 Å². The third-order valence-electron chi connectivity index (χ3n) is 4.14. The Labute approximate surface area is 160 Å². The van der Waals surface area contributed by atoms with E-state index in [0.717, 1.165) is 0 Å². The minimum absolute atomic E-state index is 0.123. The molecule has 1 aliphatic heterocycles. The highest BCUT2D eigenvalue weighted by atomic mass is 16.6. The maximum absolute atomic E-state index is 12.8. The van der Waals surface area contributed by atoms with Crippen LogP contribution in [0.2, 0.25) is 0 Å². The molecule has 2 rings (SSSR count). The molecule has 27 heavy (non-hydrogen) atoms. The Morgan fingerprint density at radius 1 is 1.19 bits per heavy atom. The van der Waals surface area contributed by atoms with Gasteiger partial charge >= 0.3 is 6.09 Å². The average Bonchev–Trinajstić information content (AvgIpc) is 2.91. The van der Waals surface area contributed by atoms with Gasteiger partial charge in [-0.15, -0.1) is 0 Å². The van der Waals surface area contributed by atoms with Crippen molar-refractivity contribution in [3.63, 3.8) is 0 Å². The molecular formula is C20H27N3O4. The first-order valence-corrected chi connectivity index (χ1v) is 9.15. The molecule has 0 bridgehead atoms. The van der Waals surface area contributed by atoms with Crippen LogP contribution in [0, 0.1) is 5.92 Å². The molecule has 146 valence electrons. The summed E-state index contributed by atoms with van der Waals surface area (Å²) >= 11 is 0. The smallest absolute Gasteiger partial charge is 0.409 e. The van der Waals surface area contributed by atoms with Gasteiger partial charge in [-0.1, -0.05) is 26.5 Å². The maximum atomic E-state index is 12.8. The molecule has 1 heterocycles. The molecule has 0 aliphatic carbocycles. The van der Waals surface area contributed by atoms with Gasteiger partial charge in [0, 0.05) is 37.4 Å². The van der Waals surface area contributed by atoms with E-state index in [0.29, 0.717) is 50.5 Å². The molecule has 7 nitrogen and oxygen atoms in total. The highest BCUT2D eigenvalue weighted by Crippen LogP contribution is 2.15. The van der Waals surface area contributed by atoms with Crippen molar-refractivity contribution in [1.82, 2.24) is 9.80 Å². The number of nitrogens with zero attached hydrogens (tertiary/aromatic N) is 2. The van der Waals surface area contributed by atoms with Crippen LogP contribution in [0.3, 0.4) is 0 Å². The van der Waals surface area contributed by atoms with Gasteiger partial charge in [0.2, 0.25) is 5.91 Å². The molecule has 0 spiro atoms. The number of carbonyl (C=O) groups excluding carboxylic acids is 3. The Morgan fingerprint density at radius 2 is 1.89 bits per heavy atom. The van der Waals surface area contributed by atoms with Gasteiger partial charge in [-0.2, -0.15) is 0 Å². The van der Waals surface area contributed by atoms with Crippen LogP contribution < -0.4 is 5.32 Å². The summed E-state index contributed by atoms with van der Waals surface area (Å²) in [5, 5.41) is 2.65.